The summed E-state index contributed by atoms with van der Waals surface area (Å²) < 4.78 is 6.08. The molecule has 0 atom stereocenters. The first-order valence-electron chi connectivity index (χ1n) is 3.77. The Morgan fingerprint density at radius 3 is 2.50 bits per heavy atom. The van der Waals surface area contributed by atoms with Gasteiger partial charge in [-0.3, -0.25) is 0 Å². The predicted molar refractivity (Wildman–Crippen MR) is 73.7 cm³/mol. The third-order valence-corrected chi connectivity index (χ3v) is 2.24. The van der Waals surface area contributed by atoms with E-state index in [1.807, 2.05) is 0 Å². The van der Waals surface area contributed by atoms with Crippen LogP contribution in [0.3, 0.4) is 0 Å². The molecule has 0 aromatic heterocycles. The highest BCUT2D eigenvalue weighted by molar-refractivity contribution is 8.20. The fraction of sp³-hybridized carbons (Fsp3) is 0.429. The van der Waals surface area contributed by atoms with Crippen LogP contribution >= 0.6 is 49.1 Å². The Balaban J connectivity index is 3.36. The SMILES string of the molecule is C=C(C)OSC(=S)NCCNC(=S)S. The van der Waals surface area contributed by atoms with Gasteiger partial charge >= 0.3 is 0 Å². The van der Waals surface area contributed by atoms with Gasteiger partial charge in [0.05, 0.1) is 0 Å². The minimum atomic E-state index is 0.476. The summed E-state index contributed by atoms with van der Waals surface area (Å²) in [5, 5.41) is 5.84. The molecule has 0 spiro atoms. The molecular weight excluding hydrogens is 256 g/mol. The van der Waals surface area contributed by atoms with Gasteiger partial charge in [0.1, 0.15) is 22.1 Å². The number of thiol groups is 1. The summed E-state index contributed by atoms with van der Waals surface area (Å²) in [5.41, 5.74) is 0. The molecule has 0 radical (unpaired) electrons. The van der Waals surface area contributed by atoms with Crippen molar-refractivity contribution < 1.29 is 4.18 Å². The van der Waals surface area contributed by atoms with Gasteiger partial charge in [-0.25, -0.2) is 0 Å². The summed E-state index contributed by atoms with van der Waals surface area (Å²) in [6.45, 7) is 6.69. The van der Waals surface area contributed by atoms with Crippen LogP contribution in [0.1, 0.15) is 6.92 Å². The first-order valence-corrected chi connectivity index (χ1v) is 5.77. The molecule has 0 saturated heterocycles. The van der Waals surface area contributed by atoms with Crippen LogP contribution in [0.4, 0.5) is 0 Å². The van der Waals surface area contributed by atoms with E-state index in [1.54, 1.807) is 6.92 Å². The maximum atomic E-state index is 5.04. The van der Waals surface area contributed by atoms with Crippen LogP contribution in [-0.4, -0.2) is 21.7 Å². The molecule has 0 unspecified atom stereocenters. The third-order valence-electron chi connectivity index (χ3n) is 0.930. The van der Waals surface area contributed by atoms with Crippen molar-refractivity contribution in [1.82, 2.24) is 10.6 Å². The Labute approximate surface area is 105 Å². The molecule has 0 aliphatic carbocycles. The summed E-state index contributed by atoms with van der Waals surface area (Å²) in [5.74, 6) is 0.619. The number of rotatable bonds is 5. The van der Waals surface area contributed by atoms with E-state index in [-0.39, 0.29) is 0 Å². The second kappa shape index (κ2) is 8.34. The van der Waals surface area contributed by atoms with E-state index in [0.29, 0.717) is 27.5 Å². The zero-order valence-electron chi connectivity index (χ0n) is 7.70. The Hall–Kier alpha value is 0.0200. The first-order chi connectivity index (χ1) is 6.52. The predicted octanol–water partition coefficient (Wildman–Crippen LogP) is 1.86. The highest BCUT2D eigenvalue weighted by atomic mass is 32.2. The van der Waals surface area contributed by atoms with E-state index in [1.165, 1.54) is 0 Å². The molecule has 14 heavy (non-hydrogen) atoms. The van der Waals surface area contributed by atoms with Crippen molar-refractivity contribution in [1.29, 1.82) is 0 Å². The van der Waals surface area contributed by atoms with Gasteiger partial charge in [0, 0.05) is 13.1 Å². The molecule has 0 aliphatic rings. The maximum absolute atomic E-state index is 5.04. The molecule has 0 aromatic rings. The summed E-state index contributed by atoms with van der Waals surface area (Å²) in [4.78, 5) is 0. The van der Waals surface area contributed by atoms with Crippen molar-refractivity contribution in [3.05, 3.63) is 12.3 Å². The lowest BCUT2D eigenvalue weighted by molar-refractivity contribution is 0.510. The van der Waals surface area contributed by atoms with Crippen LogP contribution in [0.5, 0.6) is 0 Å². The van der Waals surface area contributed by atoms with Gasteiger partial charge in [0.25, 0.3) is 0 Å². The molecule has 0 aliphatic heterocycles. The van der Waals surface area contributed by atoms with E-state index >= 15 is 0 Å². The average molecular weight is 268 g/mol. The Bertz CT molecular complexity index is 232. The minimum Gasteiger partial charge on any atom is -0.424 e. The summed E-state index contributed by atoms with van der Waals surface area (Å²) in [6.07, 6.45) is 0. The van der Waals surface area contributed by atoms with Crippen LogP contribution in [0.2, 0.25) is 0 Å². The normalized spacial score (nSPS) is 9.00. The van der Waals surface area contributed by atoms with Crippen molar-refractivity contribution in [3.63, 3.8) is 0 Å². The van der Waals surface area contributed by atoms with Crippen LogP contribution in [-0.2, 0) is 4.18 Å². The van der Waals surface area contributed by atoms with Crippen molar-refractivity contribution in [2.75, 3.05) is 13.1 Å². The summed E-state index contributed by atoms with van der Waals surface area (Å²) >= 11 is 14.7. The van der Waals surface area contributed by atoms with E-state index in [2.05, 4.69) is 29.8 Å². The molecule has 0 heterocycles. The minimum absolute atomic E-state index is 0.476. The second-order valence-electron chi connectivity index (χ2n) is 2.31. The molecular formula is C7H12N2OS4. The highest BCUT2D eigenvalue weighted by Crippen LogP contribution is 2.08. The zero-order chi connectivity index (χ0) is 11.0. The van der Waals surface area contributed by atoms with E-state index in [9.17, 15) is 0 Å². The first kappa shape index (κ1) is 14.0. The summed E-state index contributed by atoms with van der Waals surface area (Å²) in [6, 6.07) is 0. The second-order valence-corrected chi connectivity index (χ2v) is 4.88. The number of nitrogens with one attached hydrogen (secondary N) is 2. The number of allylic oxidation sites excluding steroid dienone is 1. The maximum Gasteiger partial charge on any atom is 0.174 e. The zero-order valence-corrected chi connectivity index (χ0v) is 11.0. The fourth-order valence-corrected chi connectivity index (χ4v) is 1.27. The van der Waals surface area contributed by atoms with Crippen molar-refractivity contribution >= 4 is 57.7 Å². The largest absolute Gasteiger partial charge is 0.424 e. The Morgan fingerprint density at radius 2 is 2.00 bits per heavy atom. The number of thiocarbonyl (C=S) groups is 2. The molecule has 0 aromatic carbocycles. The Morgan fingerprint density at radius 1 is 1.43 bits per heavy atom. The highest BCUT2D eigenvalue weighted by Gasteiger charge is 1.97. The molecule has 0 rings (SSSR count). The summed E-state index contributed by atoms with van der Waals surface area (Å²) in [7, 11) is 0. The van der Waals surface area contributed by atoms with Gasteiger partial charge in [-0.2, -0.15) is 0 Å². The third kappa shape index (κ3) is 10.1. The smallest absolute Gasteiger partial charge is 0.174 e. The molecule has 0 fully saturated rings. The van der Waals surface area contributed by atoms with E-state index in [0.717, 1.165) is 12.0 Å². The standard InChI is InChI=1S/C7H12N2OS4/c1-5(2)10-14-7(13)9-4-3-8-6(11)12/h1,3-4H2,2H3,(H,9,13)(H2,8,11,12). The molecule has 0 amide bonds. The Kier molecular flexibility index (Phi) is 8.35. The lowest BCUT2D eigenvalue weighted by atomic mass is 10.6. The number of hydrogen-bond acceptors (Lipinski definition) is 4. The molecule has 7 heteroatoms. The van der Waals surface area contributed by atoms with E-state index < -0.39 is 0 Å². The van der Waals surface area contributed by atoms with Crippen molar-refractivity contribution in [2.24, 2.45) is 0 Å². The van der Waals surface area contributed by atoms with Gasteiger partial charge in [-0.15, -0.1) is 12.6 Å². The van der Waals surface area contributed by atoms with Crippen LogP contribution in [0, 0.1) is 0 Å². The fourth-order valence-electron chi connectivity index (χ4n) is 0.472. The molecule has 3 nitrogen and oxygen atoms in total. The molecule has 2 N–H and O–H groups in total. The van der Waals surface area contributed by atoms with Gasteiger partial charge in [-0.1, -0.05) is 18.8 Å². The van der Waals surface area contributed by atoms with Gasteiger partial charge in [-0.05, 0) is 19.1 Å². The molecule has 0 bridgehead atoms. The quantitative estimate of drug-likeness (QED) is 0.232. The lowest BCUT2D eigenvalue weighted by Gasteiger charge is -2.07. The van der Waals surface area contributed by atoms with Crippen LogP contribution < -0.4 is 10.6 Å². The van der Waals surface area contributed by atoms with Gasteiger partial charge in [0.15, 0.2) is 4.32 Å². The van der Waals surface area contributed by atoms with Gasteiger partial charge < -0.3 is 14.8 Å². The average Bonchev–Trinajstić information content (AvgIpc) is 2.08. The number of hydrogen-bond donors (Lipinski definition) is 3. The monoisotopic (exact) mass is 268 g/mol. The lowest BCUT2D eigenvalue weighted by Crippen LogP contribution is -2.30. The van der Waals surface area contributed by atoms with Gasteiger partial charge in [0.2, 0.25) is 0 Å². The van der Waals surface area contributed by atoms with Crippen molar-refractivity contribution in [3.8, 4) is 0 Å². The van der Waals surface area contributed by atoms with Crippen LogP contribution in [0.25, 0.3) is 0 Å². The van der Waals surface area contributed by atoms with Crippen LogP contribution in [0.15, 0.2) is 12.3 Å². The van der Waals surface area contributed by atoms with E-state index in [4.69, 9.17) is 28.6 Å². The molecule has 80 valence electrons. The topological polar surface area (TPSA) is 33.3 Å². The van der Waals surface area contributed by atoms with Crippen molar-refractivity contribution in [2.45, 2.75) is 6.92 Å². The molecule has 0 saturated carbocycles.